The van der Waals surface area contributed by atoms with Crippen LogP contribution < -0.4 is 10.9 Å². The van der Waals surface area contributed by atoms with Gasteiger partial charge in [0.1, 0.15) is 17.1 Å². The average Bonchev–Trinajstić information content (AvgIpc) is 3.13. The number of aromatic nitrogens is 5. The lowest BCUT2D eigenvalue weighted by Crippen LogP contribution is -2.27. The molecule has 0 radical (unpaired) electrons. The van der Waals surface area contributed by atoms with Crippen LogP contribution in [-0.2, 0) is 13.6 Å². The third-order valence-corrected chi connectivity index (χ3v) is 3.35. The van der Waals surface area contributed by atoms with Crippen LogP contribution in [0.4, 0.5) is 0 Å². The summed E-state index contributed by atoms with van der Waals surface area (Å²) >= 11 is 6.02. The molecule has 0 spiro atoms. The third-order valence-electron chi connectivity index (χ3n) is 3.07. The van der Waals surface area contributed by atoms with E-state index in [0.29, 0.717) is 16.4 Å². The van der Waals surface area contributed by atoms with E-state index in [2.05, 4.69) is 25.5 Å². The minimum Gasteiger partial charge on any atom is -0.350 e. The molecule has 0 aromatic carbocycles. The van der Waals surface area contributed by atoms with Crippen molar-refractivity contribution < 1.29 is 9.32 Å². The molecule has 2 N–H and O–H groups in total. The Morgan fingerprint density at radius 3 is 3.04 bits per heavy atom. The molecular weight excluding hydrogens is 324 g/mol. The van der Waals surface area contributed by atoms with E-state index >= 15 is 0 Å². The van der Waals surface area contributed by atoms with Crippen LogP contribution in [0.2, 0.25) is 5.02 Å². The minimum atomic E-state index is -0.521. The minimum absolute atomic E-state index is 0.00961. The highest BCUT2D eigenvalue weighted by Crippen LogP contribution is 2.26. The zero-order chi connectivity index (χ0) is 16.4. The van der Waals surface area contributed by atoms with Crippen LogP contribution in [0.25, 0.3) is 11.4 Å². The summed E-state index contributed by atoms with van der Waals surface area (Å²) in [5, 5.41) is 10.7. The fourth-order valence-electron chi connectivity index (χ4n) is 1.95. The van der Waals surface area contributed by atoms with Crippen molar-refractivity contribution in [2.45, 2.75) is 6.54 Å². The third kappa shape index (κ3) is 2.99. The first-order valence-corrected chi connectivity index (χ1v) is 6.89. The Kier molecular flexibility index (Phi) is 3.94. The number of hydrogen-bond donors (Lipinski definition) is 2. The van der Waals surface area contributed by atoms with E-state index in [1.165, 1.54) is 29.3 Å². The predicted molar refractivity (Wildman–Crippen MR) is 79.7 cm³/mol. The summed E-state index contributed by atoms with van der Waals surface area (Å²) in [4.78, 5) is 29.9. The van der Waals surface area contributed by atoms with E-state index in [1.54, 1.807) is 7.05 Å². The number of halogens is 1. The van der Waals surface area contributed by atoms with Crippen molar-refractivity contribution in [2.75, 3.05) is 0 Å². The standard InChI is InChI=1S/C13H11ClN6O3/c1-20-11(7(14)5-18-20)8-4-10(23-19-8)13(22)17-6-9-12(21)16-3-2-15-9/h2-5H,6H2,1H3,(H,16,21)(H,17,22). The van der Waals surface area contributed by atoms with Gasteiger partial charge in [0.2, 0.25) is 5.76 Å². The summed E-state index contributed by atoms with van der Waals surface area (Å²) in [7, 11) is 1.70. The van der Waals surface area contributed by atoms with Crippen LogP contribution in [0.3, 0.4) is 0 Å². The smallest absolute Gasteiger partial charge is 0.290 e. The van der Waals surface area contributed by atoms with E-state index in [-0.39, 0.29) is 23.6 Å². The van der Waals surface area contributed by atoms with Gasteiger partial charge >= 0.3 is 0 Å². The summed E-state index contributed by atoms with van der Waals surface area (Å²) in [5.41, 5.74) is 0.745. The fourth-order valence-corrected chi connectivity index (χ4v) is 2.21. The molecule has 3 heterocycles. The summed E-state index contributed by atoms with van der Waals surface area (Å²) in [6.07, 6.45) is 4.31. The maximum absolute atomic E-state index is 12.0. The van der Waals surface area contributed by atoms with Crippen LogP contribution in [0, 0.1) is 0 Å². The first kappa shape index (κ1) is 15.0. The van der Waals surface area contributed by atoms with Gasteiger partial charge in [0.05, 0.1) is 17.8 Å². The molecule has 1 amide bonds. The first-order chi connectivity index (χ1) is 11.1. The second-order valence-electron chi connectivity index (χ2n) is 4.59. The topological polar surface area (TPSA) is 119 Å². The van der Waals surface area contributed by atoms with Gasteiger partial charge in [0, 0.05) is 25.5 Å². The summed E-state index contributed by atoms with van der Waals surface area (Å²) < 4.78 is 6.53. The summed E-state index contributed by atoms with van der Waals surface area (Å²) in [5.74, 6) is -0.531. The molecule has 0 aliphatic rings. The first-order valence-electron chi connectivity index (χ1n) is 6.51. The molecule has 3 aromatic rings. The van der Waals surface area contributed by atoms with Gasteiger partial charge < -0.3 is 14.8 Å². The summed E-state index contributed by atoms with van der Waals surface area (Å²) in [6, 6.07) is 1.45. The number of hydrogen-bond acceptors (Lipinski definition) is 6. The van der Waals surface area contributed by atoms with E-state index in [0.717, 1.165) is 0 Å². The average molecular weight is 335 g/mol. The van der Waals surface area contributed by atoms with Crippen molar-refractivity contribution in [3.63, 3.8) is 0 Å². The lowest BCUT2D eigenvalue weighted by atomic mass is 10.2. The molecule has 3 rings (SSSR count). The van der Waals surface area contributed by atoms with Crippen LogP contribution >= 0.6 is 11.6 Å². The lowest BCUT2D eigenvalue weighted by Gasteiger charge is -2.00. The molecule has 9 nitrogen and oxygen atoms in total. The highest BCUT2D eigenvalue weighted by Gasteiger charge is 2.18. The van der Waals surface area contributed by atoms with Crippen LogP contribution in [-0.4, -0.2) is 30.8 Å². The van der Waals surface area contributed by atoms with Crippen LogP contribution in [0.5, 0.6) is 0 Å². The number of aryl methyl sites for hydroxylation is 1. The Balaban J connectivity index is 1.74. The molecule has 0 bridgehead atoms. The Hall–Kier alpha value is -2.94. The normalized spacial score (nSPS) is 10.7. The van der Waals surface area contributed by atoms with Crippen molar-refractivity contribution in [1.29, 1.82) is 0 Å². The van der Waals surface area contributed by atoms with E-state index in [4.69, 9.17) is 16.1 Å². The number of amides is 1. The molecule has 10 heteroatoms. The Morgan fingerprint density at radius 2 is 2.35 bits per heavy atom. The van der Waals surface area contributed by atoms with Crippen molar-refractivity contribution in [1.82, 2.24) is 30.2 Å². The van der Waals surface area contributed by atoms with Gasteiger partial charge in [-0.25, -0.2) is 0 Å². The van der Waals surface area contributed by atoms with Gasteiger partial charge in [-0.15, -0.1) is 0 Å². The van der Waals surface area contributed by atoms with Crippen LogP contribution in [0.1, 0.15) is 16.2 Å². The maximum Gasteiger partial charge on any atom is 0.290 e. The molecule has 0 aliphatic carbocycles. The van der Waals surface area contributed by atoms with Gasteiger partial charge in [0.15, 0.2) is 0 Å². The number of H-pyrrole nitrogens is 1. The molecule has 118 valence electrons. The van der Waals surface area contributed by atoms with Crippen molar-refractivity contribution >= 4 is 17.5 Å². The van der Waals surface area contributed by atoms with Crippen LogP contribution in [0.15, 0.2) is 34.0 Å². The molecule has 0 atom stereocenters. The van der Waals surface area contributed by atoms with Gasteiger partial charge in [-0.05, 0) is 0 Å². The second kappa shape index (κ2) is 6.05. The van der Waals surface area contributed by atoms with E-state index in [9.17, 15) is 9.59 Å². The van der Waals surface area contributed by atoms with Gasteiger partial charge in [-0.2, -0.15) is 5.10 Å². The van der Waals surface area contributed by atoms with Gasteiger partial charge in [0.25, 0.3) is 11.5 Å². The SMILES string of the molecule is Cn1ncc(Cl)c1-c1cc(C(=O)NCc2ncc[nH]c2=O)on1. The molecule has 0 saturated heterocycles. The molecule has 3 aromatic heterocycles. The number of aromatic amines is 1. The quantitative estimate of drug-likeness (QED) is 0.726. The number of rotatable bonds is 4. The molecule has 0 unspecified atom stereocenters. The lowest BCUT2D eigenvalue weighted by molar-refractivity contribution is 0.0913. The monoisotopic (exact) mass is 334 g/mol. The Labute approximate surface area is 134 Å². The maximum atomic E-state index is 12.0. The summed E-state index contributed by atoms with van der Waals surface area (Å²) in [6.45, 7) is -0.0303. The fraction of sp³-hybridized carbons (Fsp3) is 0.154. The largest absolute Gasteiger partial charge is 0.350 e. The highest BCUT2D eigenvalue weighted by molar-refractivity contribution is 6.32. The van der Waals surface area contributed by atoms with Crippen molar-refractivity contribution in [3.05, 3.63) is 51.5 Å². The Bertz CT molecular complexity index is 893. The molecule has 23 heavy (non-hydrogen) atoms. The number of nitrogens with zero attached hydrogens (tertiary/aromatic N) is 4. The van der Waals surface area contributed by atoms with Crippen molar-refractivity contribution in [2.24, 2.45) is 7.05 Å². The molecular formula is C13H11ClN6O3. The van der Waals surface area contributed by atoms with Crippen molar-refractivity contribution in [3.8, 4) is 11.4 Å². The van der Waals surface area contributed by atoms with E-state index in [1.807, 2.05) is 0 Å². The molecule has 0 fully saturated rings. The second-order valence-corrected chi connectivity index (χ2v) is 5.00. The Morgan fingerprint density at radius 1 is 1.52 bits per heavy atom. The molecule has 0 aliphatic heterocycles. The number of carbonyl (C=O) groups is 1. The zero-order valence-electron chi connectivity index (χ0n) is 11.9. The van der Waals surface area contributed by atoms with Gasteiger partial charge in [-0.3, -0.25) is 19.3 Å². The van der Waals surface area contributed by atoms with E-state index < -0.39 is 5.91 Å². The highest BCUT2D eigenvalue weighted by atomic mass is 35.5. The molecule has 0 saturated carbocycles. The van der Waals surface area contributed by atoms with Gasteiger partial charge in [-0.1, -0.05) is 16.8 Å². The number of carbonyl (C=O) groups excluding carboxylic acids is 1. The number of nitrogens with one attached hydrogen (secondary N) is 2. The zero-order valence-corrected chi connectivity index (χ0v) is 12.7. The predicted octanol–water partition coefficient (Wildman–Crippen LogP) is 0.742.